The van der Waals surface area contributed by atoms with Gasteiger partial charge in [-0.1, -0.05) is 42.5 Å². The predicted octanol–water partition coefficient (Wildman–Crippen LogP) is 3.01. The number of rotatable bonds is 6. The molecule has 0 saturated heterocycles. The van der Waals surface area contributed by atoms with Gasteiger partial charge in [-0.2, -0.15) is 0 Å². The van der Waals surface area contributed by atoms with Crippen molar-refractivity contribution in [2.75, 3.05) is 7.05 Å². The van der Waals surface area contributed by atoms with Gasteiger partial charge < -0.3 is 10.6 Å². The summed E-state index contributed by atoms with van der Waals surface area (Å²) in [4.78, 5) is 24.2. The van der Waals surface area contributed by atoms with Crippen molar-refractivity contribution >= 4 is 11.6 Å². The molecule has 124 valence electrons. The maximum atomic E-state index is 12.4. The lowest BCUT2D eigenvalue weighted by Gasteiger charge is -2.10. The van der Waals surface area contributed by atoms with E-state index in [1.54, 1.807) is 18.4 Å². The van der Waals surface area contributed by atoms with Crippen molar-refractivity contribution in [3.05, 3.63) is 83.4 Å². The van der Waals surface area contributed by atoms with E-state index >= 15 is 0 Å². The van der Waals surface area contributed by atoms with Crippen LogP contribution < -0.4 is 10.6 Å². The highest BCUT2D eigenvalue weighted by atomic mass is 16.1. The zero-order valence-corrected chi connectivity index (χ0v) is 14.0. The topological polar surface area (TPSA) is 58.2 Å². The molecule has 0 amide bonds. The normalized spacial score (nSPS) is 17.2. The highest BCUT2D eigenvalue weighted by molar-refractivity contribution is 6.16. The van der Waals surface area contributed by atoms with Crippen molar-refractivity contribution < 1.29 is 9.59 Å². The molecule has 4 heteroatoms. The van der Waals surface area contributed by atoms with Crippen molar-refractivity contribution in [2.45, 2.75) is 19.8 Å². The van der Waals surface area contributed by atoms with Crippen LogP contribution in [-0.4, -0.2) is 18.6 Å². The Bertz CT molecular complexity index is 729. The first-order valence-corrected chi connectivity index (χ1v) is 7.94. The van der Waals surface area contributed by atoms with Crippen molar-refractivity contribution in [3.8, 4) is 0 Å². The van der Waals surface area contributed by atoms with E-state index < -0.39 is 0 Å². The van der Waals surface area contributed by atoms with Crippen LogP contribution in [-0.2, 0) is 9.59 Å². The number of hydrogen-bond acceptors (Lipinski definition) is 4. The summed E-state index contributed by atoms with van der Waals surface area (Å²) in [6, 6.07) is 0. The van der Waals surface area contributed by atoms with Crippen molar-refractivity contribution in [1.82, 2.24) is 10.6 Å². The Morgan fingerprint density at radius 1 is 1.00 bits per heavy atom. The van der Waals surface area contributed by atoms with Crippen LogP contribution in [0.25, 0.3) is 0 Å². The molecule has 2 N–H and O–H groups in total. The molecule has 2 aliphatic carbocycles. The molecular formula is C20H22N2O2. The summed E-state index contributed by atoms with van der Waals surface area (Å²) in [6.07, 6.45) is 19.8. The zero-order chi connectivity index (χ0) is 17.4. The maximum Gasteiger partial charge on any atom is 0.187 e. The first kappa shape index (κ1) is 17.5. The Labute approximate surface area is 142 Å². The number of Topliss-reactive ketones (excluding diaryl/α,β-unsaturated/α-hetero) is 1. The lowest BCUT2D eigenvalue weighted by Crippen LogP contribution is -2.17. The minimum Gasteiger partial charge on any atom is -0.386 e. The van der Waals surface area contributed by atoms with Crippen LogP contribution in [0.4, 0.5) is 0 Å². The summed E-state index contributed by atoms with van der Waals surface area (Å²) in [5, 5.41) is 6.24. The number of allylic oxidation sites excluding steroid dienone is 11. The molecule has 0 bridgehead atoms. The van der Waals surface area contributed by atoms with Gasteiger partial charge in [0.2, 0.25) is 0 Å². The third kappa shape index (κ3) is 4.56. The standard InChI is InChI=1S/C20H22N2O2/c1-15(23)16-9-5-3-6-10-17(16)20(24)13-14-22-19-12-8-4-7-11-18(19)21-2/h3-4,6-7,9-14,21-22H,5,8H2,1-2H3/b14-13+. The lowest BCUT2D eigenvalue weighted by atomic mass is 9.98. The van der Waals surface area contributed by atoms with Gasteiger partial charge in [0, 0.05) is 30.5 Å². The van der Waals surface area contributed by atoms with Gasteiger partial charge >= 0.3 is 0 Å². The van der Waals surface area contributed by atoms with E-state index in [4.69, 9.17) is 0 Å². The van der Waals surface area contributed by atoms with E-state index in [1.165, 1.54) is 13.0 Å². The monoisotopic (exact) mass is 322 g/mol. The minimum atomic E-state index is -0.196. The summed E-state index contributed by atoms with van der Waals surface area (Å²) in [5.41, 5.74) is 2.75. The summed E-state index contributed by atoms with van der Waals surface area (Å²) in [6.45, 7) is 1.48. The third-order valence-corrected chi connectivity index (χ3v) is 3.68. The van der Waals surface area contributed by atoms with Crippen LogP contribution >= 0.6 is 0 Å². The van der Waals surface area contributed by atoms with E-state index in [9.17, 15) is 9.59 Å². The largest absolute Gasteiger partial charge is 0.386 e. The van der Waals surface area contributed by atoms with Crippen LogP contribution in [0.3, 0.4) is 0 Å². The number of carbonyl (C=O) groups is 2. The van der Waals surface area contributed by atoms with Gasteiger partial charge in [-0.3, -0.25) is 9.59 Å². The van der Waals surface area contributed by atoms with Gasteiger partial charge in [0.25, 0.3) is 0 Å². The summed E-state index contributed by atoms with van der Waals surface area (Å²) >= 11 is 0. The Morgan fingerprint density at radius 2 is 1.71 bits per heavy atom. The first-order valence-electron chi connectivity index (χ1n) is 7.94. The molecule has 4 nitrogen and oxygen atoms in total. The lowest BCUT2D eigenvalue weighted by molar-refractivity contribution is -0.115. The summed E-state index contributed by atoms with van der Waals surface area (Å²) < 4.78 is 0. The van der Waals surface area contributed by atoms with Crippen LogP contribution in [0.2, 0.25) is 0 Å². The Morgan fingerprint density at radius 3 is 2.42 bits per heavy atom. The van der Waals surface area contributed by atoms with Crippen LogP contribution in [0, 0.1) is 0 Å². The molecule has 0 heterocycles. The van der Waals surface area contributed by atoms with E-state index in [0.29, 0.717) is 17.6 Å². The van der Waals surface area contributed by atoms with Crippen molar-refractivity contribution in [1.29, 1.82) is 0 Å². The average molecular weight is 322 g/mol. The molecule has 0 radical (unpaired) electrons. The smallest absolute Gasteiger partial charge is 0.187 e. The highest BCUT2D eigenvalue weighted by Gasteiger charge is 2.16. The molecule has 0 spiro atoms. The van der Waals surface area contributed by atoms with Crippen LogP contribution in [0.1, 0.15) is 19.8 Å². The number of hydrogen-bond donors (Lipinski definition) is 2. The summed E-state index contributed by atoms with van der Waals surface area (Å²) in [7, 11) is 1.85. The molecule has 0 aromatic carbocycles. The van der Waals surface area contributed by atoms with E-state index in [-0.39, 0.29) is 11.6 Å². The van der Waals surface area contributed by atoms with E-state index in [2.05, 4.69) is 10.6 Å². The molecule has 0 saturated carbocycles. The molecule has 0 aliphatic heterocycles. The number of ketones is 2. The summed E-state index contributed by atoms with van der Waals surface area (Å²) in [5.74, 6) is -0.296. The second kappa shape index (κ2) is 8.67. The first-order chi connectivity index (χ1) is 11.6. The second-order valence-corrected chi connectivity index (χ2v) is 5.37. The van der Waals surface area contributed by atoms with Gasteiger partial charge in [-0.15, -0.1) is 0 Å². The highest BCUT2D eigenvalue weighted by Crippen LogP contribution is 2.17. The van der Waals surface area contributed by atoms with E-state index in [0.717, 1.165) is 17.8 Å². The fourth-order valence-corrected chi connectivity index (χ4v) is 2.46. The molecule has 0 unspecified atom stereocenters. The number of nitrogens with one attached hydrogen (secondary N) is 2. The number of carbonyl (C=O) groups excluding carboxylic acids is 2. The fraction of sp³-hybridized carbons (Fsp3) is 0.200. The SMILES string of the molecule is CNC1=CC=CCC=C1N/C=C/C(=O)C1=CC=CCC=C1C(C)=O. The maximum absolute atomic E-state index is 12.4. The van der Waals surface area contributed by atoms with Gasteiger partial charge in [0.15, 0.2) is 11.6 Å². The minimum absolute atomic E-state index is 0.0994. The van der Waals surface area contributed by atoms with Crippen LogP contribution in [0.15, 0.2) is 83.4 Å². The molecule has 0 fully saturated rings. The molecule has 0 aromatic rings. The molecule has 2 aliphatic rings. The zero-order valence-electron chi connectivity index (χ0n) is 14.0. The fourth-order valence-electron chi connectivity index (χ4n) is 2.46. The third-order valence-electron chi connectivity index (χ3n) is 3.68. The second-order valence-electron chi connectivity index (χ2n) is 5.37. The molecule has 24 heavy (non-hydrogen) atoms. The quantitative estimate of drug-likeness (QED) is 0.738. The van der Waals surface area contributed by atoms with Gasteiger partial charge in [0.1, 0.15) is 0 Å². The molecular weight excluding hydrogens is 300 g/mol. The molecule has 2 rings (SSSR count). The Hall–Kier alpha value is -2.88. The van der Waals surface area contributed by atoms with Gasteiger partial charge in [-0.25, -0.2) is 0 Å². The predicted molar refractivity (Wildman–Crippen MR) is 96.9 cm³/mol. The van der Waals surface area contributed by atoms with E-state index in [1.807, 2.05) is 43.5 Å². The van der Waals surface area contributed by atoms with Gasteiger partial charge in [0.05, 0.1) is 11.4 Å². The van der Waals surface area contributed by atoms with Gasteiger partial charge in [-0.05, 0) is 25.8 Å². The van der Waals surface area contributed by atoms with Crippen molar-refractivity contribution in [2.24, 2.45) is 0 Å². The number of likely N-dealkylation sites (N-methyl/N-ethyl adjacent to an activating group) is 1. The van der Waals surface area contributed by atoms with Crippen LogP contribution in [0.5, 0.6) is 0 Å². The molecule has 0 aromatic heterocycles. The molecule has 0 atom stereocenters. The Balaban J connectivity index is 2.10. The Kier molecular flexibility index (Phi) is 6.32. The van der Waals surface area contributed by atoms with Crippen molar-refractivity contribution in [3.63, 3.8) is 0 Å². The average Bonchev–Trinajstić information content (AvgIpc) is 2.94.